The Balaban J connectivity index is 2.61. The van der Waals surface area contributed by atoms with Gasteiger partial charge >= 0.3 is 0 Å². The number of methoxy groups -OCH3 is 1. The van der Waals surface area contributed by atoms with Crippen LogP contribution in [-0.2, 0) is 11.3 Å². The molecule has 0 aromatic carbocycles. The summed E-state index contributed by atoms with van der Waals surface area (Å²) >= 11 is 0. The molecular formula is C13H23N3O. The number of nitrogen functional groups attached to an aromatic ring is 1. The van der Waals surface area contributed by atoms with Gasteiger partial charge in [0, 0.05) is 26.2 Å². The van der Waals surface area contributed by atoms with Gasteiger partial charge in [-0.1, -0.05) is 6.92 Å². The summed E-state index contributed by atoms with van der Waals surface area (Å²) in [5.74, 6) is 0. The minimum absolute atomic E-state index is 0.532. The number of rotatable bonds is 7. The molecule has 0 saturated carbocycles. The first-order valence-corrected chi connectivity index (χ1v) is 6.10. The highest BCUT2D eigenvalue weighted by Gasteiger charge is 2.12. The van der Waals surface area contributed by atoms with E-state index < -0.39 is 0 Å². The van der Waals surface area contributed by atoms with Gasteiger partial charge in [-0.3, -0.25) is 9.88 Å². The summed E-state index contributed by atoms with van der Waals surface area (Å²) in [6, 6.07) is 4.41. The lowest BCUT2D eigenvalue weighted by Gasteiger charge is -2.27. The van der Waals surface area contributed by atoms with Crippen LogP contribution in [0, 0.1) is 0 Å². The number of hydrogen-bond acceptors (Lipinski definition) is 4. The molecular weight excluding hydrogens is 214 g/mol. The SMILES string of the molecule is CCC(C)N(CCOC)Cc1ccc(N)cn1. The lowest BCUT2D eigenvalue weighted by Crippen LogP contribution is -2.35. The largest absolute Gasteiger partial charge is 0.397 e. The molecule has 1 aromatic rings. The van der Waals surface area contributed by atoms with Gasteiger partial charge in [-0.2, -0.15) is 0 Å². The van der Waals surface area contributed by atoms with Crippen molar-refractivity contribution < 1.29 is 4.74 Å². The monoisotopic (exact) mass is 237 g/mol. The maximum absolute atomic E-state index is 5.63. The number of anilines is 1. The highest BCUT2D eigenvalue weighted by molar-refractivity contribution is 5.34. The third-order valence-electron chi connectivity index (χ3n) is 3.01. The zero-order chi connectivity index (χ0) is 12.7. The molecule has 0 bridgehead atoms. The lowest BCUT2D eigenvalue weighted by molar-refractivity contribution is 0.117. The van der Waals surface area contributed by atoms with Crippen LogP contribution in [0.1, 0.15) is 26.0 Å². The van der Waals surface area contributed by atoms with Crippen LogP contribution in [-0.4, -0.2) is 36.2 Å². The first-order chi connectivity index (χ1) is 8.17. The molecule has 4 nitrogen and oxygen atoms in total. The van der Waals surface area contributed by atoms with Gasteiger partial charge in [0.25, 0.3) is 0 Å². The van der Waals surface area contributed by atoms with Crippen molar-refractivity contribution in [3.05, 3.63) is 24.0 Å². The number of pyridine rings is 1. The Morgan fingerprint density at radius 2 is 2.24 bits per heavy atom. The van der Waals surface area contributed by atoms with Crippen LogP contribution in [0.3, 0.4) is 0 Å². The third-order valence-corrected chi connectivity index (χ3v) is 3.01. The number of aromatic nitrogens is 1. The van der Waals surface area contributed by atoms with Gasteiger partial charge in [0.2, 0.25) is 0 Å². The minimum atomic E-state index is 0.532. The van der Waals surface area contributed by atoms with E-state index in [-0.39, 0.29) is 0 Å². The summed E-state index contributed by atoms with van der Waals surface area (Å²) in [4.78, 5) is 6.71. The predicted molar refractivity (Wildman–Crippen MR) is 70.7 cm³/mol. The Kier molecular flexibility index (Phi) is 5.94. The fraction of sp³-hybridized carbons (Fsp3) is 0.615. The van der Waals surface area contributed by atoms with Crippen molar-refractivity contribution >= 4 is 5.69 Å². The molecule has 0 fully saturated rings. The molecule has 0 aliphatic heterocycles. The fourth-order valence-electron chi connectivity index (χ4n) is 1.66. The normalized spacial score (nSPS) is 12.9. The first-order valence-electron chi connectivity index (χ1n) is 6.10. The summed E-state index contributed by atoms with van der Waals surface area (Å²) in [5.41, 5.74) is 7.39. The van der Waals surface area contributed by atoms with E-state index in [0.29, 0.717) is 11.7 Å². The van der Waals surface area contributed by atoms with Gasteiger partial charge in [-0.15, -0.1) is 0 Å². The van der Waals surface area contributed by atoms with Gasteiger partial charge < -0.3 is 10.5 Å². The topological polar surface area (TPSA) is 51.4 Å². The zero-order valence-corrected chi connectivity index (χ0v) is 11.0. The van der Waals surface area contributed by atoms with Gasteiger partial charge in [0.1, 0.15) is 0 Å². The van der Waals surface area contributed by atoms with Crippen molar-refractivity contribution in [2.45, 2.75) is 32.9 Å². The molecule has 0 radical (unpaired) electrons. The number of ether oxygens (including phenoxy) is 1. The van der Waals surface area contributed by atoms with Gasteiger partial charge in [-0.25, -0.2) is 0 Å². The molecule has 0 amide bonds. The quantitative estimate of drug-likeness (QED) is 0.787. The molecule has 0 spiro atoms. The highest BCUT2D eigenvalue weighted by atomic mass is 16.5. The Hall–Kier alpha value is -1.13. The lowest BCUT2D eigenvalue weighted by atomic mass is 10.2. The summed E-state index contributed by atoms with van der Waals surface area (Å²) < 4.78 is 5.14. The smallest absolute Gasteiger partial charge is 0.0589 e. The average molecular weight is 237 g/mol. The van der Waals surface area contributed by atoms with E-state index >= 15 is 0 Å². The average Bonchev–Trinajstić information content (AvgIpc) is 2.36. The second-order valence-electron chi connectivity index (χ2n) is 4.30. The molecule has 1 atom stereocenters. The molecule has 1 aromatic heterocycles. The molecule has 1 heterocycles. The van der Waals surface area contributed by atoms with Gasteiger partial charge in [-0.05, 0) is 25.5 Å². The van der Waals surface area contributed by atoms with E-state index in [9.17, 15) is 0 Å². The van der Waals surface area contributed by atoms with Crippen molar-refractivity contribution in [2.75, 3.05) is 26.0 Å². The van der Waals surface area contributed by atoms with Crippen LogP contribution in [0.25, 0.3) is 0 Å². The van der Waals surface area contributed by atoms with Crippen LogP contribution >= 0.6 is 0 Å². The molecule has 4 heteroatoms. The number of nitrogens with zero attached hydrogens (tertiary/aromatic N) is 2. The third kappa shape index (κ3) is 4.71. The molecule has 0 aliphatic carbocycles. The fourth-order valence-corrected chi connectivity index (χ4v) is 1.66. The Labute approximate surface area is 104 Å². The molecule has 1 rings (SSSR count). The molecule has 2 N–H and O–H groups in total. The van der Waals surface area contributed by atoms with Crippen molar-refractivity contribution in [3.63, 3.8) is 0 Å². The summed E-state index contributed by atoms with van der Waals surface area (Å²) in [5, 5.41) is 0. The van der Waals surface area contributed by atoms with E-state index in [0.717, 1.165) is 31.8 Å². The van der Waals surface area contributed by atoms with Crippen molar-refractivity contribution in [2.24, 2.45) is 0 Å². The molecule has 96 valence electrons. The minimum Gasteiger partial charge on any atom is -0.397 e. The standard InChI is InChI=1S/C13H23N3O/c1-4-11(2)16(7-8-17-3)10-13-6-5-12(14)9-15-13/h5-6,9,11H,4,7-8,10,14H2,1-3H3. The Morgan fingerprint density at radius 3 is 2.76 bits per heavy atom. The Bertz CT molecular complexity index is 313. The Morgan fingerprint density at radius 1 is 1.47 bits per heavy atom. The van der Waals surface area contributed by atoms with Crippen molar-refractivity contribution in [3.8, 4) is 0 Å². The molecule has 1 unspecified atom stereocenters. The van der Waals surface area contributed by atoms with Crippen LogP contribution in [0.2, 0.25) is 0 Å². The molecule has 0 aliphatic rings. The summed E-state index contributed by atoms with van der Waals surface area (Å²) in [6.45, 7) is 6.95. The first kappa shape index (κ1) is 13.9. The predicted octanol–water partition coefficient (Wildman–Crippen LogP) is 1.91. The van der Waals surface area contributed by atoms with E-state index in [2.05, 4.69) is 23.7 Å². The van der Waals surface area contributed by atoms with Crippen molar-refractivity contribution in [1.82, 2.24) is 9.88 Å². The number of nitrogens with two attached hydrogens (primary N) is 1. The highest BCUT2D eigenvalue weighted by Crippen LogP contribution is 2.10. The van der Waals surface area contributed by atoms with Crippen molar-refractivity contribution in [1.29, 1.82) is 0 Å². The summed E-state index contributed by atoms with van der Waals surface area (Å²) in [6.07, 6.45) is 2.83. The zero-order valence-electron chi connectivity index (χ0n) is 11.0. The second-order valence-corrected chi connectivity index (χ2v) is 4.30. The van der Waals surface area contributed by atoms with E-state index in [1.165, 1.54) is 0 Å². The van der Waals surface area contributed by atoms with Crippen LogP contribution < -0.4 is 5.73 Å². The van der Waals surface area contributed by atoms with Gasteiger partial charge in [0.15, 0.2) is 0 Å². The number of hydrogen-bond donors (Lipinski definition) is 1. The van der Waals surface area contributed by atoms with E-state index in [1.807, 2.05) is 12.1 Å². The maximum atomic E-state index is 5.63. The van der Waals surface area contributed by atoms with Crippen LogP contribution in [0.4, 0.5) is 5.69 Å². The maximum Gasteiger partial charge on any atom is 0.0589 e. The van der Waals surface area contributed by atoms with Crippen LogP contribution in [0.5, 0.6) is 0 Å². The second kappa shape index (κ2) is 7.25. The van der Waals surface area contributed by atoms with Gasteiger partial charge in [0.05, 0.1) is 24.2 Å². The van der Waals surface area contributed by atoms with Crippen LogP contribution in [0.15, 0.2) is 18.3 Å². The summed E-state index contributed by atoms with van der Waals surface area (Å²) in [7, 11) is 1.73. The molecule has 17 heavy (non-hydrogen) atoms. The molecule has 0 saturated heterocycles. The van der Waals surface area contributed by atoms with E-state index in [1.54, 1.807) is 13.3 Å². The van der Waals surface area contributed by atoms with E-state index in [4.69, 9.17) is 10.5 Å².